The molecule has 0 aliphatic carbocycles. The largest absolute Gasteiger partial charge is 0.496 e. The maximum Gasteiger partial charge on any atom is 0.150 e. The van der Waals surface area contributed by atoms with Gasteiger partial charge in [-0.05, 0) is 30.7 Å². The number of rotatable bonds is 6. The minimum absolute atomic E-state index is 0.203. The van der Waals surface area contributed by atoms with E-state index in [0.717, 1.165) is 23.3 Å². The van der Waals surface area contributed by atoms with Crippen LogP contribution in [0.2, 0.25) is 0 Å². The summed E-state index contributed by atoms with van der Waals surface area (Å²) < 4.78 is 5.25. The van der Waals surface area contributed by atoms with E-state index in [-0.39, 0.29) is 5.78 Å². The lowest BCUT2D eigenvalue weighted by atomic mass is 10.0. The van der Waals surface area contributed by atoms with Crippen molar-refractivity contribution in [3.63, 3.8) is 0 Å². The van der Waals surface area contributed by atoms with Crippen LogP contribution in [0.4, 0.5) is 0 Å². The molecule has 3 heteroatoms. The Balaban J connectivity index is 2.78. The van der Waals surface area contributed by atoms with Crippen molar-refractivity contribution in [1.29, 1.82) is 0 Å². The highest BCUT2D eigenvalue weighted by molar-refractivity contribution is 5.82. The molecule has 0 amide bonds. The van der Waals surface area contributed by atoms with Gasteiger partial charge in [-0.1, -0.05) is 19.1 Å². The number of nitrogens with one attached hydrogen (secondary N) is 1. The van der Waals surface area contributed by atoms with Gasteiger partial charge < -0.3 is 10.1 Å². The van der Waals surface area contributed by atoms with Gasteiger partial charge in [-0.3, -0.25) is 4.79 Å². The topological polar surface area (TPSA) is 38.3 Å². The van der Waals surface area contributed by atoms with Crippen molar-refractivity contribution in [1.82, 2.24) is 5.32 Å². The molecule has 0 aliphatic heterocycles. The lowest BCUT2D eigenvalue weighted by molar-refractivity contribution is -0.117. The third-order valence-electron chi connectivity index (χ3n) is 2.50. The summed E-state index contributed by atoms with van der Waals surface area (Å²) in [6, 6.07) is 5.93. The molecule has 1 aromatic carbocycles. The molecule has 0 saturated carbocycles. The Morgan fingerprint density at radius 2 is 2.19 bits per heavy atom. The normalized spacial score (nSPS) is 10.2. The molecule has 0 heterocycles. The number of hydrogen-bond donors (Lipinski definition) is 1. The third kappa shape index (κ3) is 3.35. The average Bonchev–Trinajstić information content (AvgIpc) is 2.29. The van der Waals surface area contributed by atoms with Gasteiger partial charge in [0.25, 0.3) is 0 Å². The SMILES string of the molecule is CCc1cc(CC(=O)CNC)ccc1OC. The van der Waals surface area contributed by atoms with E-state index in [1.54, 1.807) is 14.2 Å². The molecule has 0 aromatic heterocycles. The number of carbonyl (C=O) groups is 1. The molecule has 0 spiro atoms. The highest BCUT2D eigenvalue weighted by Crippen LogP contribution is 2.20. The number of hydrogen-bond acceptors (Lipinski definition) is 3. The summed E-state index contributed by atoms with van der Waals surface area (Å²) in [5, 5.41) is 2.86. The summed E-state index contributed by atoms with van der Waals surface area (Å²) >= 11 is 0. The Hall–Kier alpha value is -1.35. The predicted octanol–water partition coefficient (Wildman–Crippen LogP) is 1.59. The van der Waals surface area contributed by atoms with Crippen molar-refractivity contribution < 1.29 is 9.53 Å². The molecule has 0 unspecified atom stereocenters. The number of likely N-dealkylation sites (N-methyl/N-ethyl adjacent to an activating group) is 1. The fraction of sp³-hybridized carbons (Fsp3) is 0.462. The van der Waals surface area contributed by atoms with Crippen LogP contribution in [-0.4, -0.2) is 26.5 Å². The van der Waals surface area contributed by atoms with E-state index >= 15 is 0 Å². The van der Waals surface area contributed by atoms with Crippen molar-refractivity contribution in [2.75, 3.05) is 20.7 Å². The van der Waals surface area contributed by atoms with Crippen LogP contribution < -0.4 is 10.1 Å². The minimum atomic E-state index is 0.203. The molecule has 1 N–H and O–H groups in total. The molecule has 3 nitrogen and oxygen atoms in total. The molecule has 1 rings (SSSR count). The maximum absolute atomic E-state index is 11.5. The van der Waals surface area contributed by atoms with E-state index in [1.165, 1.54) is 0 Å². The first kappa shape index (κ1) is 12.7. The Bertz CT molecular complexity index is 361. The van der Waals surface area contributed by atoms with Crippen LogP contribution in [0.15, 0.2) is 18.2 Å². The summed E-state index contributed by atoms with van der Waals surface area (Å²) in [5.74, 6) is 1.10. The van der Waals surface area contributed by atoms with Gasteiger partial charge >= 0.3 is 0 Å². The quantitative estimate of drug-likeness (QED) is 0.792. The summed E-state index contributed by atoms with van der Waals surface area (Å²) in [7, 11) is 3.45. The van der Waals surface area contributed by atoms with Crippen molar-refractivity contribution >= 4 is 5.78 Å². The highest BCUT2D eigenvalue weighted by atomic mass is 16.5. The zero-order valence-electron chi connectivity index (χ0n) is 10.2. The molecule has 88 valence electrons. The number of aryl methyl sites for hydroxylation is 1. The number of carbonyl (C=O) groups excluding carboxylic acids is 1. The number of Topliss-reactive ketones (excluding diaryl/α,β-unsaturated/α-hetero) is 1. The summed E-state index contributed by atoms with van der Waals surface area (Å²) in [4.78, 5) is 11.5. The van der Waals surface area contributed by atoms with Gasteiger partial charge in [0, 0.05) is 6.42 Å². The number of ether oxygens (including phenoxy) is 1. The standard InChI is InChI=1S/C13H19NO2/c1-4-11-7-10(5-6-13(11)16-3)8-12(15)9-14-2/h5-7,14H,4,8-9H2,1-3H3. The lowest BCUT2D eigenvalue weighted by Gasteiger charge is -2.08. The van der Waals surface area contributed by atoms with E-state index < -0.39 is 0 Å². The first-order valence-corrected chi connectivity index (χ1v) is 5.53. The zero-order chi connectivity index (χ0) is 12.0. The zero-order valence-corrected chi connectivity index (χ0v) is 10.2. The van der Waals surface area contributed by atoms with Crippen LogP contribution in [0.3, 0.4) is 0 Å². The van der Waals surface area contributed by atoms with Crippen molar-refractivity contribution in [2.45, 2.75) is 19.8 Å². The summed E-state index contributed by atoms with van der Waals surface area (Å²) in [6.07, 6.45) is 1.40. The van der Waals surface area contributed by atoms with Gasteiger partial charge in [-0.2, -0.15) is 0 Å². The molecule has 0 bridgehead atoms. The molecule has 16 heavy (non-hydrogen) atoms. The molecule has 1 aromatic rings. The van der Waals surface area contributed by atoms with Crippen LogP contribution in [0, 0.1) is 0 Å². The van der Waals surface area contributed by atoms with E-state index in [1.807, 2.05) is 18.2 Å². The van der Waals surface area contributed by atoms with Gasteiger partial charge in [0.1, 0.15) is 5.75 Å². The monoisotopic (exact) mass is 221 g/mol. The van der Waals surface area contributed by atoms with E-state index in [9.17, 15) is 4.79 Å². The Morgan fingerprint density at radius 1 is 1.44 bits per heavy atom. The minimum Gasteiger partial charge on any atom is -0.496 e. The first-order chi connectivity index (χ1) is 7.71. The van der Waals surface area contributed by atoms with Gasteiger partial charge in [0.05, 0.1) is 13.7 Å². The maximum atomic E-state index is 11.5. The first-order valence-electron chi connectivity index (χ1n) is 5.53. The predicted molar refractivity (Wildman–Crippen MR) is 65.0 cm³/mol. The fourth-order valence-corrected chi connectivity index (χ4v) is 1.71. The van der Waals surface area contributed by atoms with Gasteiger partial charge in [-0.15, -0.1) is 0 Å². The van der Waals surface area contributed by atoms with Crippen LogP contribution in [0.1, 0.15) is 18.1 Å². The number of benzene rings is 1. The Kier molecular flexibility index (Phi) is 4.99. The van der Waals surface area contributed by atoms with Crippen LogP contribution >= 0.6 is 0 Å². The third-order valence-corrected chi connectivity index (χ3v) is 2.50. The second-order valence-corrected chi connectivity index (χ2v) is 3.75. The van der Waals surface area contributed by atoms with Gasteiger partial charge in [0.15, 0.2) is 5.78 Å². The molecule has 0 radical (unpaired) electrons. The second-order valence-electron chi connectivity index (χ2n) is 3.75. The second kappa shape index (κ2) is 6.28. The summed E-state index contributed by atoms with van der Waals surface area (Å²) in [5.41, 5.74) is 2.20. The van der Waals surface area contributed by atoms with Crippen LogP contribution in [-0.2, 0) is 17.6 Å². The molecule has 0 fully saturated rings. The number of methoxy groups -OCH3 is 1. The molecular weight excluding hydrogens is 202 g/mol. The fourth-order valence-electron chi connectivity index (χ4n) is 1.71. The average molecular weight is 221 g/mol. The van der Waals surface area contributed by atoms with Crippen molar-refractivity contribution in [2.24, 2.45) is 0 Å². The van der Waals surface area contributed by atoms with Gasteiger partial charge in [-0.25, -0.2) is 0 Å². The van der Waals surface area contributed by atoms with E-state index in [4.69, 9.17) is 4.74 Å². The highest BCUT2D eigenvalue weighted by Gasteiger charge is 2.06. The van der Waals surface area contributed by atoms with E-state index in [2.05, 4.69) is 12.2 Å². The molecule has 0 aliphatic rings. The van der Waals surface area contributed by atoms with Crippen LogP contribution in [0.5, 0.6) is 5.75 Å². The van der Waals surface area contributed by atoms with Gasteiger partial charge in [0.2, 0.25) is 0 Å². The van der Waals surface area contributed by atoms with Crippen molar-refractivity contribution in [3.05, 3.63) is 29.3 Å². The number of ketones is 1. The lowest BCUT2D eigenvalue weighted by Crippen LogP contribution is -2.20. The Morgan fingerprint density at radius 3 is 2.75 bits per heavy atom. The Labute approximate surface area is 96.8 Å². The molecule has 0 saturated heterocycles. The van der Waals surface area contributed by atoms with E-state index in [0.29, 0.717) is 13.0 Å². The van der Waals surface area contributed by atoms with Crippen LogP contribution in [0.25, 0.3) is 0 Å². The van der Waals surface area contributed by atoms with Crippen molar-refractivity contribution in [3.8, 4) is 5.75 Å². The molecule has 0 atom stereocenters. The molecular formula is C13H19NO2. The summed E-state index contributed by atoms with van der Waals surface area (Å²) in [6.45, 7) is 2.50. The smallest absolute Gasteiger partial charge is 0.150 e.